The molecule has 4 N–H and O–H groups in total. The van der Waals surface area contributed by atoms with Crippen LogP contribution in [0.3, 0.4) is 0 Å². The lowest BCUT2D eigenvalue weighted by atomic mass is 9.42. The number of aliphatic hydroxyl groups is 3. The van der Waals surface area contributed by atoms with E-state index < -0.39 is 125 Å². The Morgan fingerprint density at radius 1 is 0.984 bits per heavy atom. The number of aliphatic hydroxyl groups excluding tert-OH is 2. The maximum absolute atomic E-state index is 15.8. The van der Waals surface area contributed by atoms with Crippen LogP contribution in [0.15, 0.2) is 71.8 Å². The van der Waals surface area contributed by atoms with E-state index in [9.17, 15) is 34.5 Å². The van der Waals surface area contributed by atoms with Crippen molar-refractivity contribution in [2.24, 2.45) is 22.7 Å². The summed E-state index contributed by atoms with van der Waals surface area (Å²) in [6.07, 6.45) is -8.89. The minimum absolute atomic E-state index is 0.0331. The second-order valence-corrected chi connectivity index (χ2v) is 18.6. The van der Waals surface area contributed by atoms with E-state index >= 15 is 4.79 Å². The summed E-state index contributed by atoms with van der Waals surface area (Å²) in [5.74, 6) is -7.05. The summed E-state index contributed by atoms with van der Waals surface area (Å²) in [5.41, 5.74) is -9.98. The summed E-state index contributed by atoms with van der Waals surface area (Å²) < 4.78 is 60.6. The van der Waals surface area contributed by atoms with E-state index in [1.807, 2.05) is 0 Å². The van der Waals surface area contributed by atoms with Crippen molar-refractivity contribution in [3.05, 3.63) is 82.9 Å². The molecule has 0 aromatic heterocycles. The zero-order valence-electron chi connectivity index (χ0n) is 39.0. The van der Waals surface area contributed by atoms with Crippen LogP contribution >= 0.6 is 0 Å². The van der Waals surface area contributed by atoms with Crippen LogP contribution < -0.4 is 5.32 Å². The zero-order valence-corrected chi connectivity index (χ0v) is 36.0. The molecule has 1 saturated heterocycles. The predicted octanol–water partition coefficient (Wildman–Crippen LogP) is 4.55. The van der Waals surface area contributed by atoms with Gasteiger partial charge in [-0.2, -0.15) is 0 Å². The van der Waals surface area contributed by atoms with Crippen molar-refractivity contribution >= 4 is 29.8 Å². The normalized spacial score (nSPS) is 34.8. The number of amides is 1. The highest BCUT2D eigenvalue weighted by atomic mass is 16.6. The number of fused-ring (bicyclic) bond motifs is 5. The predicted molar refractivity (Wildman–Crippen MR) is 218 cm³/mol. The number of methoxy groups -OCH3 is 1. The summed E-state index contributed by atoms with van der Waals surface area (Å²) in [7, 11) is -3.11. The Morgan fingerprint density at radius 2 is 1.61 bits per heavy atom. The van der Waals surface area contributed by atoms with Crippen molar-refractivity contribution < 1.29 is 71.8 Å². The molecule has 3 fully saturated rings. The Hall–Kier alpha value is -4.67. The average Bonchev–Trinajstić information content (AvgIpc) is 3.20. The van der Waals surface area contributed by atoms with Crippen LogP contribution in [0.2, 0.25) is 0 Å². The third-order valence-corrected chi connectivity index (χ3v) is 13.6. The molecular weight excluding hydrogens is 790 g/mol. The molecule has 0 radical (unpaired) electrons. The van der Waals surface area contributed by atoms with Gasteiger partial charge in [-0.1, -0.05) is 62.4 Å². The van der Waals surface area contributed by atoms with Crippen LogP contribution in [-0.2, 0) is 42.8 Å². The molecule has 15 heteroatoms. The quantitative estimate of drug-likeness (QED) is 0.147. The summed E-state index contributed by atoms with van der Waals surface area (Å²) in [6.45, 7) is 12.4. The smallest absolute Gasteiger partial charge is 0.408 e. The van der Waals surface area contributed by atoms with Gasteiger partial charge in [0.2, 0.25) is 0 Å². The van der Waals surface area contributed by atoms with Crippen LogP contribution in [-0.4, -0.2) is 112 Å². The lowest BCUT2D eigenvalue weighted by Gasteiger charge is -2.71. The SMILES string of the molecule is [2H]C([2H])([2H])O[C@H]1C[C@@]2(C)OC[C@@]2(OC(C)=O)[C@H]2[C@H](OC(=O)c3ccccc3)[C@]3(O)C[C@H](OC(=O)[C@H](O)[C@@H](NC(=O)OC(C)(C)C)c4ccccc4)C(C)=C([C@@H](CO)C(=O)[C@]12C)C3(C)C. The Morgan fingerprint density at radius 3 is 2.15 bits per heavy atom. The van der Waals surface area contributed by atoms with Gasteiger partial charge in [-0.3, -0.25) is 9.59 Å². The van der Waals surface area contributed by atoms with Crippen LogP contribution in [0.5, 0.6) is 0 Å². The first kappa shape index (κ1) is 41.7. The molecule has 0 spiro atoms. The van der Waals surface area contributed by atoms with Crippen molar-refractivity contribution in [1.29, 1.82) is 0 Å². The van der Waals surface area contributed by atoms with Gasteiger partial charge in [0.1, 0.15) is 29.0 Å². The first-order chi connectivity index (χ1) is 29.6. The molecule has 61 heavy (non-hydrogen) atoms. The molecule has 15 nitrogen and oxygen atoms in total. The molecular formula is C46H59NO14. The lowest BCUT2D eigenvalue weighted by Crippen LogP contribution is -2.85. The van der Waals surface area contributed by atoms with Gasteiger partial charge >= 0.3 is 24.0 Å². The van der Waals surface area contributed by atoms with E-state index in [1.54, 1.807) is 90.1 Å². The van der Waals surface area contributed by atoms with Gasteiger partial charge in [-0.25, -0.2) is 14.4 Å². The number of hydrogen-bond acceptors (Lipinski definition) is 14. The topological polar surface area (TPSA) is 213 Å². The second kappa shape index (κ2) is 16.2. The van der Waals surface area contributed by atoms with Gasteiger partial charge in [-0.05, 0) is 70.4 Å². The Labute approximate surface area is 360 Å². The van der Waals surface area contributed by atoms with E-state index in [2.05, 4.69) is 5.32 Å². The van der Waals surface area contributed by atoms with Crippen molar-refractivity contribution in [2.75, 3.05) is 20.3 Å². The first-order valence-corrected chi connectivity index (χ1v) is 20.4. The number of carbonyl (C=O) groups is 5. The molecule has 332 valence electrons. The van der Waals surface area contributed by atoms with Gasteiger partial charge in [0.25, 0.3) is 0 Å². The van der Waals surface area contributed by atoms with Gasteiger partial charge in [-0.15, -0.1) is 0 Å². The lowest BCUT2D eigenvalue weighted by molar-refractivity contribution is -0.384. The first-order valence-electron chi connectivity index (χ1n) is 21.9. The molecule has 2 aromatic rings. The van der Waals surface area contributed by atoms with Crippen molar-refractivity contribution in [3.8, 4) is 0 Å². The highest BCUT2D eigenvalue weighted by Gasteiger charge is 2.81. The molecule has 1 heterocycles. The number of ether oxygens (including phenoxy) is 6. The van der Waals surface area contributed by atoms with Gasteiger partial charge in [0.15, 0.2) is 17.5 Å². The molecule has 2 saturated carbocycles. The van der Waals surface area contributed by atoms with Gasteiger partial charge < -0.3 is 49.1 Å². The summed E-state index contributed by atoms with van der Waals surface area (Å²) in [6, 6.07) is 14.4. The summed E-state index contributed by atoms with van der Waals surface area (Å²) >= 11 is 0. The van der Waals surface area contributed by atoms with Gasteiger partial charge in [0.05, 0.1) is 52.3 Å². The van der Waals surface area contributed by atoms with E-state index in [0.717, 1.165) is 6.92 Å². The minimum Gasteiger partial charge on any atom is -0.456 e. The van der Waals surface area contributed by atoms with Crippen molar-refractivity contribution in [1.82, 2.24) is 5.32 Å². The minimum atomic E-state index is -3.11. The molecule has 4 aliphatic rings. The largest absolute Gasteiger partial charge is 0.456 e. The maximum Gasteiger partial charge on any atom is 0.408 e. The molecule has 2 bridgehead atoms. The van der Waals surface area contributed by atoms with Crippen LogP contribution in [0, 0.1) is 22.7 Å². The number of benzene rings is 2. The molecule has 6 rings (SSSR count). The number of nitrogens with one attached hydrogen (secondary N) is 1. The fraction of sp³-hybridized carbons (Fsp3) is 0.587. The molecule has 1 aliphatic heterocycles. The molecule has 2 aromatic carbocycles. The number of hydrogen-bond donors (Lipinski definition) is 4. The van der Waals surface area contributed by atoms with Crippen LogP contribution in [0.4, 0.5) is 4.79 Å². The summed E-state index contributed by atoms with van der Waals surface area (Å²) in [4.78, 5) is 70.7. The van der Waals surface area contributed by atoms with E-state index in [-0.39, 0.29) is 29.7 Å². The number of Topliss-reactive ketones (excluding diaryl/α,β-unsaturated/α-hetero) is 1. The van der Waals surface area contributed by atoms with E-state index in [1.165, 1.54) is 26.0 Å². The standard InChI is InChI=1S/C46H59NO14/c1-25-30(58-39(53)34(50)33(27-17-13-11-14-18-27)47-40(54)61-41(3,4)5)21-45(55)37(59-38(52)28-19-15-12-16-20-28)35-44(9,36(51)29(23-48)32(25)42(45,6)7)31(56-10)22-43(8)46(35,24-57-43)60-26(2)49/h11-20,29-31,33-35,37,48,50,55H,21-24H2,1-10H3,(H,47,54)/t29-,30+,31+,33+,34-,35+,37+,43-,44-,45-,46-/m1/s1/i10D3. The zero-order chi connectivity index (χ0) is 47.6. The highest BCUT2D eigenvalue weighted by molar-refractivity contribution is 5.93. The number of alkyl carbamates (subject to hydrolysis) is 1. The average molecular weight is 853 g/mol. The Bertz CT molecular complexity index is 2180. The summed E-state index contributed by atoms with van der Waals surface area (Å²) in [5, 5.41) is 39.4. The number of rotatable bonds is 10. The third-order valence-electron chi connectivity index (χ3n) is 13.6. The number of carbonyl (C=O) groups excluding carboxylic acids is 5. The van der Waals surface area contributed by atoms with Crippen LogP contribution in [0.25, 0.3) is 0 Å². The Kier molecular flexibility index (Phi) is 11.1. The van der Waals surface area contributed by atoms with E-state index in [4.69, 9.17) is 32.5 Å². The highest BCUT2D eigenvalue weighted by Crippen LogP contribution is 2.67. The molecule has 3 aliphatic carbocycles. The molecule has 1 amide bonds. The molecule has 11 atom stereocenters. The second-order valence-electron chi connectivity index (χ2n) is 18.6. The van der Waals surface area contributed by atoms with Gasteiger partial charge in [0, 0.05) is 32.2 Å². The number of ketones is 1. The fourth-order valence-corrected chi connectivity index (χ4v) is 10.4. The Balaban J connectivity index is 1.57. The molecule has 0 unspecified atom stereocenters. The fourth-order valence-electron chi connectivity index (χ4n) is 10.4. The maximum atomic E-state index is 15.8. The van der Waals surface area contributed by atoms with Crippen LogP contribution in [0.1, 0.15) is 101 Å². The van der Waals surface area contributed by atoms with E-state index in [0.29, 0.717) is 5.56 Å². The van der Waals surface area contributed by atoms with Crippen molar-refractivity contribution in [3.63, 3.8) is 0 Å². The third kappa shape index (κ3) is 7.55. The van der Waals surface area contributed by atoms with Crippen molar-refractivity contribution in [2.45, 2.75) is 128 Å². The monoisotopic (exact) mass is 852 g/mol. The number of esters is 3.